The summed E-state index contributed by atoms with van der Waals surface area (Å²) in [7, 11) is 1.57. The van der Waals surface area contributed by atoms with E-state index in [1.165, 1.54) is 4.68 Å². The van der Waals surface area contributed by atoms with Crippen LogP contribution < -0.4 is 11.0 Å². The number of aryl methyl sites for hydroxylation is 2. The maximum atomic E-state index is 11.3. The summed E-state index contributed by atoms with van der Waals surface area (Å²) in [4.78, 5) is 19.1. The minimum atomic E-state index is -0.392. The molecule has 2 rings (SSSR count). The van der Waals surface area contributed by atoms with Crippen molar-refractivity contribution in [3.05, 3.63) is 40.7 Å². The Labute approximate surface area is 92.0 Å². The molecule has 0 aromatic carbocycles. The van der Waals surface area contributed by atoms with Crippen LogP contribution in [0.2, 0.25) is 0 Å². The van der Waals surface area contributed by atoms with Crippen LogP contribution >= 0.6 is 0 Å². The molecule has 0 aliphatic carbocycles. The summed E-state index contributed by atoms with van der Waals surface area (Å²) in [6.45, 7) is 1.78. The van der Waals surface area contributed by atoms with E-state index in [4.69, 9.17) is 0 Å². The zero-order valence-corrected chi connectivity index (χ0v) is 9.01. The highest BCUT2D eigenvalue weighted by atomic mass is 16.1. The van der Waals surface area contributed by atoms with E-state index in [-0.39, 0.29) is 0 Å². The van der Waals surface area contributed by atoms with Crippen molar-refractivity contribution in [1.29, 1.82) is 0 Å². The van der Waals surface area contributed by atoms with Gasteiger partial charge in [0.15, 0.2) is 5.82 Å². The molecule has 2 aromatic rings. The Morgan fingerprint density at radius 2 is 2.25 bits per heavy atom. The molecule has 2 heterocycles. The normalized spacial score (nSPS) is 10.1. The number of nitrogens with zero attached hydrogens (tertiary/aromatic N) is 4. The second-order valence-electron chi connectivity index (χ2n) is 3.32. The quantitative estimate of drug-likeness (QED) is 0.798. The van der Waals surface area contributed by atoms with Crippen LogP contribution in [0.5, 0.6) is 0 Å². The molecule has 1 N–H and O–H groups in total. The lowest BCUT2D eigenvalue weighted by Crippen LogP contribution is -2.24. The standard InChI is InChI=1S/C10H11N5O/c1-7-9(13-10(16)15(2)14-7)12-8-4-3-5-11-6-8/h3-6H,1-2H3,(H,12,13,16). The Hall–Kier alpha value is -2.24. The summed E-state index contributed by atoms with van der Waals surface area (Å²) in [6, 6.07) is 3.64. The Morgan fingerprint density at radius 3 is 2.94 bits per heavy atom. The predicted molar refractivity (Wildman–Crippen MR) is 59.5 cm³/mol. The first kappa shape index (κ1) is 10.3. The Balaban J connectivity index is 2.36. The molecule has 0 aliphatic rings. The van der Waals surface area contributed by atoms with Crippen molar-refractivity contribution in [1.82, 2.24) is 19.7 Å². The monoisotopic (exact) mass is 217 g/mol. The first-order chi connectivity index (χ1) is 7.66. The topological polar surface area (TPSA) is 72.7 Å². The molecule has 2 aromatic heterocycles. The third-order valence-electron chi connectivity index (χ3n) is 2.05. The minimum Gasteiger partial charge on any atom is -0.337 e. The fraction of sp³-hybridized carbons (Fsp3) is 0.200. The second-order valence-corrected chi connectivity index (χ2v) is 3.32. The summed E-state index contributed by atoms with van der Waals surface area (Å²) in [5.74, 6) is 0.455. The number of rotatable bonds is 2. The third-order valence-corrected chi connectivity index (χ3v) is 2.05. The molecule has 0 fully saturated rings. The average Bonchev–Trinajstić information content (AvgIpc) is 2.27. The van der Waals surface area contributed by atoms with Crippen LogP contribution in [-0.4, -0.2) is 19.7 Å². The van der Waals surface area contributed by atoms with Crippen LogP contribution in [0.25, 0.3) is 0 Å². The average molecular weight is 217 g/mol. The van der Waals surface area contributed by atoms with Crippen LogP contribution in [0, 0.1) is 6.92 Å². The van der Waals surface area contributed by atoms with E-state index in [9.17, 15) is 4.79 Å². The van der Waals surface area contributed by atoms with Crippen molar-refractivity contribution in [2.45, 2.75) is 6.92 Å². The molecule has 0 aliphatic heterocycles. The number of hydrogen-bond donors (Lipinski definition) is 1. The highest BCUT2D eigenvalue weighted by molar-refractivity contribution is 5.55. The lowest BCUT2D eigenvalue weighted by Gasteiger charge is -2.07. The number of pyridine rings is 1. The lowest BCUT2D eigenvalue weighted by atomic mass is 10.4. The number of aromatic nitrogens is 4. The van der Waals surface area contributed by atoms with Crippen molar-refractivity contribution in [2.24, 2.45) is 7.05 Å². The highest BCUT2D eigenvalue weighted by Gasteiger charge is 2.04. The summed E-state index contributed by atoms with van der Waals surface area (Å²) < 4.78 is 1.20. The van der Waals surface area contributed by atoms with Gasteiger partial charge in [-0.3, -0.25) is 4.98 Å². The largest absolute Gasteiger partial charge is 0.365 e. The van der Waals surface area contributed by atoms with Crippen molar-refractivity contribution >= 4 is 11.5 Å². The van der Waals surface area contributed by atoms with Gasteiger partial charge >= 0.3 is 5.69 Å². The van der Waals surface area contributed by atoms with Gasteiger partial charge in [-0.05, 0) is 19.1 Å². The summed E-state index contributed by atoms with van der Waals surface area (Å²) in [5.41, 5.74) is 1.04. The molecule has 0 saturated heterocycles. The SMILES string of the molecule is Cc1nn(C)c(=O)nc1Nc1cccnc1. The smallest absolute Gasteiger partial charge is 0.337 e. The van der Waals surface area contributed by atoms with Gasteiger partial charge in [0.05, 0.1) is 11.9 Å². The molecule has 0 spiro atoms. The third kappa shape index (κ3) is 2.05. The molecule has 0 bridgehead atoms. The van der Waals surface area contributed by atoms with Gasteiger partial charge in [-0.25, -0.2) is 9.48 Å². The van der Waals surface area contributed by atoms with Gasteiger partial charge in [-0.1, -0.05) is 0 Å². The Morgan fingerprint density at radius 1 is 1.44 bits per heavy atom. The predicted octanol–water partition coefficient (Wildman–Crippen LogP) is 0.622. The van der Waals surface area contributed by atoms with Crippen LogP contribution in [0.4, 0.5) is 11.5 Å². The molecule has 6 nitrogen and oxygen atoms in total. The van der Waals surface area contributed by atoms with Gasteiger partial charge in [0.2, 0.25) is 0 Å². The van der Waals surface area contributed by atoms with Crippen molar-refractivity contribution in [3.8, 4) is 0 Å². The van der Waals surface area contributed by atoms with E-state index in [2.05, 4.69) is 20.4 Å². The maximum Gasteiger partial charge on any atom is 0.365 e. The molecule has 0 radical (unpaired) electrons. The van der Waals surface area contributed by atoms with Crippen molar-refractivity contribution in [2.75, 3.05) is 5.32 Å². The minimum absolute atomic E-state index is 0.392. The van der Waals surface area contributed by atoms with E-state index in [1.807, 2.05) is 6.07 Å². The summed E-state index contributed by atoms with van der Waals surface area (Å²) in [6.07, 6.45) is 3.33. The van der Waals surface area contributed by atoms with Crippen LogP contribution in [0.1, 0.15) is 5.69 Å². The highest BCUT2D eigenvalue weighted by Crippen LogP contribution is 2.12. The summed E-state index contributed by atoms with van der Waals surface area (Å²) in [5, 5.41) is 7.02. The number of anilines is 2. The van der Waals surface area contributed by atoms with Gasteiger partial charge in [-0.15, -0.1) is 0 Å². The Kier molecular flexibility index (Phi) is 2.63. The van der Waals surface area contributed by atoms with E-state index in [0.29, 0.717) is 11.5 Å². The number of hydrogen-bond acceptors (Lipinski definition) is 5. The fourth-order valence-electron chi connectivity index (χ4n) is 1.26. The van der Waals surface area contributed by atoms with Crippen LogP contribution in [0.3, 0.4) is 0 Å². The molecule has 0 unspecified atom stereocenters. The molecular formula is C10H11N5O. The first-order valence-corrected chi connectivity index (χ1v) is 4.76. The van der Waals surface area contributed by atoms with E-state index < -0.39 is 5.69 Å². The van der Waals surface area contributed by atoms with Crippen LogP contribution in [-0.2, 0) is 7.05 Å². The lowest BCUT2D eigenvalue weighted by molar-refractivity contribution is 0.663. The molecule has 0 amide bonds. The van der Waals surface area contributed by atoms with Crippen molar-refractivity contribution < 1.29 is 0 Å². The Bertz CT molecular complexity index is 549. The van der Waals surface area contributed by atoms with Gasteiger partial charge in [-0.2, -0.15) is 10.1 Å². The van der Waals surface area contributed by atoms with Crippen LogP contribution in [0.15, 0.2) is 29.3 Å². The molecule has 0 atom stereocenters. The zero-order chi connectivity index (χ0) is 11.5. The van der Waals surface area contributed by atoms with Gasteiger partial charge in [0.1, 0.15) is 5.69 Å². The molecule has 82 valence electrons. The summed E-state index contributed by atoms with van der Waals surface area (Å²) >= 11 is 0. The van der Waals surface area contributed by atoms with Gasteiger partial charge < -0.3 is 5.32 Å². The van der Waals surface area contributed by atoms with E-state index in [0.717, 1.165) is 5.69 Å². The number of nitrogens with one attached hydrogen (secondary N) is 1. The van der Waals surface area contributed by atoms with E-state index in [1.54, 1.807) is 32.4 Å². The molecule has 16 heavy (non-hydrogen) atoms. The molecular weight excluding hydrogens is 206 g/mol. The van der Waals surface area contributed by atoms with Gasteiger partial charge in [0, 0.05) is 13.2 Å². The molecule has 6 heteroatoms. The first-order valence-electron chi connectivity index (χ1n) is 4.76. The maximum absolute atomic E-state index is 11.3. The van der Waals surface area contributed by atoms with E-state index >= 15 is 0 Å². The van der Waals surface area contributed by atoms with Gasteiger partial charge in [0.25, 0.3) is 0 Å². The fourth-order valence-corrected chi connectivity index (χ4v) is 1.26. The molecule has 0 saturated carbocycles. The zero-order valence-electron chi connectivity index (χ0n) is 9.01. The second kappa shape index (κ2) is 4.09. The van der Waals surface area contributed by atoms with Crippen molar-refractivity contribution in [3.63, 3.8) is 0 Å².